The summed E-state index contributed by atoms with van der Waals surface area (Å²) in [6, 6.07) is 0. The van der Waals surface area contributed by atoms with E-state index in [0.717, 1.165) is 12.5 Å². The molecule has 0 bridgehead atoms. The van der Waals surface area contributed by atoms with Gasteiger partial charge in [0.2, 0.25) is 0 Å². The Labute approximate surface area is 83.6 Å². The molecule has 72 valence electrons. The van der Waals surface area contributed by atoms with Crippen LogP contribution < -0.4 is 0 Å². The molecule has 0 saturated carbocycles. The Bertz CT molecular complexity index is 300. The predicted octanol–water partition coefficient (Wildman–Crippen LogP) is 2.21. The molecule has 2 heterocycles. The number of aromatic nitrogens is 1. The predicted molar refractivity (Wildman–Crippen MR) is 56.0 cm³/mol. The van der Waals surface area contributed by atoms with Crippen LogP contribution in [0.15, 0.2) is 0 Å². The molecule has 0 unspecified atom stereocenters. The normalized spacial score (nSPS) is 19.0. The van der Waals surface area contributed by atoms with E-state index in [2.05, 4.69) is 30.7 Å². The molecular formula is C10H16N2S. The summed E-state index contributed by atoms with van der Waals surface area (Å²) in [5.41, 5.74) is 1.22. The van der Waals surface area contributed by atoms with Gasteiger partial charge in [0.1, 0.15) is 0 Å². The van der Waals surface area contributed by atoms with Gasteiger partial charge in [-0.15, -0.1) is 11.3 Å². The van der Waals surface area contributed by atoms with E-state index in [4.69, 9.17) is 0 Å². The molecular weight excluding hydrogens is 180 g/mol. The summed E-state index contributed by atoms with van der Waals surface area (Å²) in [7, 11) is 0. The van der Waals surface area contributed by atoms with Crippen LogP contribution in [-0.4, -0.2) is 23.0 Å². The largest absolute Gasteiger partial charge is 0.298 e. The number of likely N-dealkylation sites (tertiary alicyclic amines) is 1. The van der Waals surface area contributed by atoms with Gasteiger partial charge in [0.05, 0.1) is 10.7 Å². The van der Waals surface area contributed by atoms with Crippen LogP contribution in [0.4, 0.5) is 0 Å². The van der Waals surface area contributed by atoms with Crippen LogP contribution in [0.1, 0.15) is 22.5 Å². The zero-order valence-electron chi connectivity index (χ0n) is 8.50. The van der Waals surface area contributed by atoms with Crippen molar-refractivity contribution in [3.05, 3.63) is 15.6 Å². The monoisotopic (exact) mass is 196 g/mol. The van der Waals surface area contributed by atoms with Gasteiger partial charge in [-0.3, -0.25) is 4.90 Å². The minimum atomic E-state index is 0.898. The lowest BCUT2D eigenvalue weighted by molar-refractivity contribution is 0.106. The lowest BCUT2D eigenvalue weighted by Crippen LogP contribution is -2.44. The van der Waals surface area contributed by atoms with Crippen LogP contribution in [0.3, 0.4) is 0 Å². The first-order chi connectivity index (χ1) is 6.15. The second kappa shape index (κ2) is 3.39. The average Bonchev–Trinajstić information content (AvgIpc) is 2.27. The second-order valence-electron chi connectivity index (χ2n) is 4.04. The quantitative estimate of drug-likeness (QED) is 0.721. The number of aryl methyl sites for hydroxylation is 2. The zero-order chi connectivity index (χ0) is 9.42. The van der Waals surface area contributed by atoms with Gasteiger partial charge in [-0.25, -0.2) is 4.98 Å². The van der Waals surface area contributed by atoms with Gasteiger partial charge >= 0.3 is 0 Å². The molecule has 2 rings (SSSR count). The Morgan fingerprint density at radius 1 is 1.46 bits per heavy atom. The molecule has 0 radical (unpaired) electrons. The van der Waals surface area contributed by atoms with E-state index in [1.807, 2.05) is 11.3 Å². The molecule has 3 heteroatoms. The Kier molecular flexibility index (Phi) is 2.39. The number of nitrogens with zero attached hydrogens (tertiary/aromatic N) is 2. The Morgan fingerprint density at radius 3 is 2.62 bits per heavy atom. The Morgan fingerprint density at radius 2 is 2.15 bits per heavy atom. The second-order valence-corrected chi connectivity index (χ2v) is 5.33. The smallest absolute Gasteiger partial charge is 0.0900 e. The lowest BCUT2D eigenvalue weighted by atomic mass is 10.0. The van der Waals surface area contributed by atoms with Gasteiger partial charge in [-0.1, -0.05) is 6.92 Å². The molecule has 2 nitrogen and oxygen atoms in total. The van der Waals surface area contributed by atoms with Crippen molar-refractivity contribution in [1.82, 2.24) is 9.88 Å². The number of hydrogen-bond acceptors (Lipinski definition) is 3. The van der Waals surface area contributed by atoms with Crippen molar-refractivity contribution < 1.29 is 0 Å². The third kappa shape index (κ3) is 1.92. The fourth-order valence-electron chi connectivity index (χ4n) is 1.88. The van der Waals surface area contributed by atoms with Crippen LogP contribution in [0.5, 0.6) is 0 Å². The van der Waals surface area contributed by atoms with Crippen LogP contribution in [0.25, 0.3) is 0 Å². The minimum absolute atomic E-state index is 0.898. The fourth-order valence-corrected chi connectivity index (χ4v) is 2.86. The highest BCUT2D eigenvalue weighted by molar-refractivity contribution is 7.11. The molecule has 13 heavy (non-hydrogen) atoms. The first-order valence-corrected chi connectivity index (χ1v) is 5.62. The van der Waals surface area contributed by atoms with Crippen molar-refractivity contribution in [2.75, 3.05) is 13.1 Å². The summed E-state index contributed by atoms with van der Waals surface area (Å²) in [4.78, 5) is 8.37. The topological polar surface area (TPSA) is 16.1 Å². The van der Waals surface area contributed by atoms with Crippen LogP contribution in [-0.2, 0) is 6.54 Å². The molecule has 1 aromatic rings. The number of thiazole rings is 1. The maximum absolute atomic E-state index is 4.43. The van der Waals surface area contributed by atoms with E-state index in [1.165, 1.54) is 28.7 Å². The van der Waals surface area contributed by atoms with Crippen molar-refractivity contribution in [2.24, 2.45) is 5.92 Å². The van der Waals surface area contributed by atoms with Gasteiger partial charge in [-0.2, -0.15) is 0 Å². The van der Waals surface area contributed by atoms with Crippen LogP contribution in [0, 0.1) is 19.8 Å². The van der Waals surface area contributed by atoms with Gasteiger partial charge in [0.25, 0.3) is 0 Å². The molecule has 0 amide bonds. The van der Waals surface area contributed by atoms with E-state index in [9.17, 15) is 0 Å². The summed E-state index contributed by atoms with van der Waals surface area (Å²) < 4.78 is 0. The lowest BCUT2D eigenvalue weighted by Gasteiger charge is -2.36. The third-order valence-electron chi connectivity index (χ3n) is 2.51. The molecule has 1 aromatic heterocycles. The van der Waals surface area contributed by atoms with E-state index in [1.54, 1.807) is 0 Å². The van der Waals surface area contributed by atoms with Crippen molar-refractivity contribution in [3.8, 4) is 0 Å². The molecule has 0 atom stereocenters. The summed E-state index contributed by atoms with van der Waals surface area (Å²) in [6.07, 6.45) is 0. The van der Waals surface area contributed by atoms with Gasteiger partial charge < -0.3 is 0 Å². The zero-order valence-corrected chi connectivity index (χ0v) is 9.32. The van der Waals surface area contributed by atoms with E-state index in [0.29, 0.717) is 0 Å². The number of rotatable bonds is 2. The molecule has 1 aliphatic heterocycles. The van der Waals surface area contributed by atoms with Crippen molar-refractivity contribution in [3.63, 3.8) is 0 Å². The maximum Gasteiger partial charge on any atom is 0.0900 e. The first kappa shape index (κ1) is 9.16. The first-order valence-electron chi connectivity index (χ1n) is 4.80. The highest BCUT2D eigenvalue weighted by Crippen LogP contribution is 2.23. The molecule has 0 N–H and O–H groups in total. The highest BCUT2D eigenvalue weighted by atomic mass is 32.1. The van der Waals surface area contributed by atoms with E-state index < -0.39 is 0 Å². The standard InChI is InChI=1S/C10H16N2S/c1-7-4-12(5-7)6-10-8(2)11-9(3)13-10/h7H,4-6H2,1-3H3. The fraction of sp³-hybridized carbons (Fsp3) is 0.700. The van der Waals surface area contributed by atoms with Crippen LogP contribution in [0.2, 0.25) is 0 Å². The maximum atomic E-state index is 4.43. The van der Waals surface area contributed by atoms with Gasteiger partial charge in [0, 0.05) is 24.5 Å². The molecule has 0 spiro atoms. The third-order valence-corrected chi connectivity index (χ3v) is 3.56. The SMILES string of the molecule is Cc1nc(C)c(CN2CC(C)C2)s1. The average molecular weight is 196 g/mol. The molecule has 0 aliphatic carbocycles. The highest BCUT2D eigenvalue weighted by Gasteiger charge is 2.23. The summed E-state index contributed by atoms with van der Waals surface area (Å²) in [5.74, 6) is 0.898. The summed E-state index contributed by atoms with van der Waals surface area (Å²) in [6.45, 7) is 10.1. The van der Waals surface area contributed by atoms with E-state index >= 15 is 0 Å². The molecule has 1 aliphatic rings. The molecule has 1 fully saturated rings. The molecule has 1 saturated heterocycles. The van der Waals surface area contributed by atoms with Crippen molar-refractivity contribution >= 4 is 11.3 Å². The molecule has 0 aromatic carbocycles. The van der Waals surface area contributed by atoms with Crippen molar-refractivity contribution in [2.45, 2.75) is 27.3 Å². The Hall–Kier alpha value is -0.410. The summed E-state index contributed by atoms with van der Waals surface area (Å²) in [5, 5.41) is 1.20. The summed E-state index contributed by atoms with van der Waals surface area (Å²) >= 11 is 1.84. The van der Waals surface area contributed by atoms with E-state index in [-0.39, 0.29) is 0 Å². The van der Waals surface area contributed by atoms with Crippen molar-refractivity contribution in [1.29, 1.82) is 0 Å². The van der Waals surface area contributed by atoms with Crippen LogP contribution >= 0.6 is 11.3 Å². The van der Waals surface area contributed by atoms with Gasteiger partial charge in [-0.05, 0) is 19.8 Å². The van der Waals surface area contributed by atoms with Gasteiger partial charge in [0.15, 0.2) is 0 Å². The number of hydrogen-bond donors (Lipinski definition) is 0. The minimum Gasteiger partial charge on any atom is -0.298 e. The Balaban J connectivity index is 1.98.